The molecule has 1 aromatic rings. The van der Waals surface area contributed by atoms with E-state index in [-0.39, 0.29) is 6.54 Å². The molecule has 1 N–H and O–H groups in total. The molecule has 7 nitrogen and oxygen atoms in total. The highest BCUT2D eigenvalue weighted by Crippen LogP contribution is 2.19. The number of carbonyl (C=O) groups is 2. The number of carbonyl (C=O) groups excluding carboxylic acids is 1. The number of pyridine rings is 1. The maximum atomic E-state index is 11.8. The van der Waals surface area contributed by atoms with Crippen molar-refractivity contribution in [2.75, 3.05) is 44.7 Å². The highest BCUT2D eigenvalue weighted by molar-refractivity contribution is 5.94. The Hall–Kier alpha value is -2.15. The third kappa shape index (κ3) is 3.91. The fourth-order valence-electron chi connectivity index (χ4n) is 2.45. The van der Waals surface area contributed by atoms with Crippen molar-refractivity contribution >= 4 is 17.8 Å². The molecule has 0 saturated carbocycles. The van der Waals surface area contributed by atoms with Crippen LogP contribution in [0.2, 0.25) is 0 Å². The van der Waals surface area contributed by atoms with Gasteiger partial charge in [0, 0.05) is 32.4 Å². The van der Waals surface area contributed by atoms with Crippen LogP contribution < -0.4 is 4.90 Å². The summed E-state index contributed by atoms with van der Waals surface area (Å²) in [5, 5.41) is 8.86. The van der Waals surface area contributed by atoms with Gasteiger partial charge >= 0.3 is 11.9 Å². The van der Waals surface area contributed by atoms with Gasteiger partial charge in [-0.2, -0.15) is 0 Å². The van der Waals surface area contributed by atoms with Gasteiger partial charge in [-0.25, -0.2) is 9.78 Å². The summed E-state index contributed by atoms with van der Waals surface area (Å²) in [6.07, 6.45) is 2.46. The smallest absolute Gasteiger partial charge is 0.341 e. The first-order valence-electron chi connectivity index (χ1n) is 6.84. The van der Waals surface area contributed by atoms with E-state index in [1.807, 2.05) is 9.80 Å². The van der Waals surface area contributed by atoms with Gasteiger partial charge in [-0.05, 0) is 18.6 Å². The van der Waals surface area contributed by atoms with Crippen LogP contribution in [0.3, 0.4) is 0 Å². The van der Waals surface area contributed by atoms with E-state index in [4.69, 9.17) is 9.84 Å². The molecule has 21 heavy (non-hydrogen) atoms. The average molecular weight is 293 g/mol. The molecule has 0 amide bonds. The fraction of sp³-hybridized carbons (Fsp3) is 0.500. The third-order valence-electron chi connectivity index (χ3n) is 3.44. The monoisotopic (exact) mass is 293 g/mol. The molecule has 1 aliphatic rings. The summed E-state index contributed by atoms with van der Waals surface area (Å²) in [6, 6.07) is 3.39. The molecule has 7 heteroatoms. The van der Waals surface area contributed by atoms with E-state index in [1.54, 1.807) is 18.3 Å². The summed E-state index contributed by atoms with van der Waals surface area (Å²) < 4.78 is 4.78. The van der Waals surface area contributed by atoms with Crippen molar-refractivity contribution in [3.05, 3.63) is 23.9 Å². The summed E-state index contributed by atoms with van der Waals surface area (Å²) in [4.78, 5) is 30.8. The molecule has 2 heterocycles. The van der Waals surface area contributed by atoms with Gasteiger partial charge in [0.1, 0.15) is 11.4 Å². The number of aliphatic carboxylic acids is 1. The summed E-state index contributed by atoms with van der Waals surface area (Å²) in [5.41, 5.74) is 0.437. The number of rotatable bonds is 4. The second-order valence-electron chi connectivity index (χ2n) is 4.88. The Kier molecular flexibility index (Phi) is 5.10. The fourth-order valence-corrected chi connectivity index (χ4v) is 2.45. The van der Waals surface area contributed by atoms with Crippen LogP contribution in [0.15, 0.2) is 18.3 Å². The van der Waals surface area contributed by atoms with Gasteiger partial charge in [0.25, 0.3) is 0 Å². The molecule has 1 aliphatic heterocycles. The first-order valence-corrected chi connectivity index (χ1v) is 6.84. The number of esters is 1. The first-order chi connectivity index (χ1) is 10.1. The number of anilines is 1. The van der Waals surface area contributed by atoms with Crippen molar-refractivity contribution in [3.8, 4) is 0 Å². The number of hydrogen-bond donors (Lipinski definition) is 1. The van der Waals surface area contributed by atoms with Gasteiger partial charge in [-0.3, -0.25) is 9.69 Å². The normalized spacial score (nSPS) is 16.3. The predicted molar refractivity (Wildman–Crippen MR) is 76.5 cm³/mol. The molecule has 1 fully saturated rings. The van der Waals surface area contributed by atoms with E-state index in [1.165, 1.54) is 7.11 Å². The van der Waals surface area contributed by atoms with Crippen molar-refractivity contribution in [2.45, 2.75) is 6.42 Å². The van der Waals surface area contributed by atoms with E-state index < -0.39 is 11.9 Å². The summed E-state index contributed by atoms with van der Waals surface area (Å²) in [7, 11) is 1.34. The zero-order valence-corrected chi connectivity index (χ0v) is 12.0. The Morgan fingerprint density at radius 3 is 2.86 bits per heavy atom. The second kappa shape index (κ2) is 7.03. The number of hydrogen-bond acceptors (Lipinski definition) is 6. The number of carboxylic acid groups (broad SMARTS) is 1. The number of methoxy groups -OCH3 is 1. The Morgan fingerprint density at radius 2 is 2.14 bits per heavy atom. The zero-order chi connectivity index (χ0) is 15.2. The number of carboxylic acids is 1. The lowest BCUT2D eigenvalue weighted by Crippen LogP contribution is -2.34. The molecular formula is C14H19N3O4. The number of nitrogens with zero attached hydrogens (tertiary/aromatic N) is 3. The molecule has 1 saturated heterocycles. The molecule has 114 valence electrons. The SMILES string of the molecule is COC(=O)c1cccnc1N1CCCN(CC(=O)O)CC1. The maximum absolute atomic E-state index is 11.8. The van der Waals surface area contributed by atoms with Crippen molar-refractivity contribution in [2.24, 2.45) is 0 Å². The highest BCUT2D eigenvalue weighted by Gasteiger charge is 2.22. The van der Waals surface area contributed by atoms with Crippen molar-refractivity contribution < 1.29 is 19.4 Å². The van der Waals surface area contributed by atoms with E-state index >= 15 is 0 Å². The average Bonchev–Trinajstić information content (AvgIpc) is 2.71. The molecule has 0 spiro atoms. The Morgan fingerprint density at radius 1 is 1.33 bits per heavy atom. The van der Waals surface area contributed by atoms with E-state index in [0.717, 1.165) is 19.5 Å². The van der Waals surface area contributed by atoms with Crippen molar-refractivity contribution in [1.82, 2.24) is 9.88 Å². The summed E-state index contributed by atoms with van der Waals surface area (Å²) in [6.45, 7) is 2.76. The van der Waals surface area contributed by atoms with Crippen LogP contribution in [0.4, 0.5) is 5.82 Å². The third-order valence-corrected chi connectivity index (χ3v) is 3.44. The van der Waals surface area contributed by atoms with Gasteiger partial charge in [0.2, 0.25) is 0 Å². The van der Waals surface area contributed by atoms with Crippen molar-refractivity contribution in [1.29, 1.82) is 0 Å². The van der Waals surface area contributed by atoms with Gasteiger partial charge in [-0.1, -0.05) is 0 Å². The van der Waals surface area contributed by atoms with Crippen molar-refractivity contribution in [3.63, 3.8) is 0 Å². The van der Waals surface area contributed by atoms with Crippen LogP contribution in [0.25, 0.3) is 0 Å². The van der Waals surface area contributed by atoms with E-state index in [2.05, 4.69) is 4.98 Å². The Balaban J connectivity index is 2.12. The van der Waals surface area contributed by atoms with Gasteiger partial charge in [-0.15, -0.1) is 0 Å². The standard InChI is InChI=1S/C14H19N3O4/c1-21-14(20)11-4-2-5-15-13(11)17-7-3-6-16(8-9-17)10-12(18)19/h2,4-5H,3,6-10H2,1H3,(H,18,19). The topological polar surface area (TPSA) is 83.0 Å². The van der Waals surface area contributed by atoms with Crippen LogP contribution in [0, 0.1) is 0 Å². The Bertz CT molecular complexity index is 521. The lowest BCUT2D eigenvalue weighted by atomic mass is 10.2. The maximum Gasteiger partial charge on any atom is 0.341 e. The van der Waals surface area contributed by atoms with Gasteiger partial charge < -0.3 is 14.7 Å². The first kappa shape index (κ1) is 15.2. The summed E-state index contributed by atoms with van der Waals surface area (Å²) >= 11 is 0. The highest BCUT2D eigenvalue weighted by atomic mass is 16.5. The van der Waals surface area contributed by atoms with Crippen LogP contribution in [0.1, 0.15) is 16.8 Å². The van der Waals surface area contributed by atoms with E-state index in [9.17, 15) is 9.59 Å². The lowest BCUT2D eigenvalue weighted by molar-refractivity contribution is -0.138. The van der Waals surface area contributed by atoms with Crippen LogP contribution in [-0.2, 0) is 9.53 Å². The van der Waals surface area contributed by atoms with Crippen LogP contribution in [0.5, 0.6) is 0 Å². The van der Waals surface area contributed by atoms with Gasteiger partial charge in [0.15, 0.2) is 0 Å². The minimum Gasteiger partial charge on any atom is -0.480 e. The quantitative estimate of drug-likeness (QED) is 0.808. The molecular weight excluding hydrogens is 274 g/mol. The second-order valence-corrected chi connectivity index (χ2v) is 4.88. The van der Waals surface area contributed by atoms with Crippen LogP contribution >= 0.6 is 0 Å². The minimum absolute atomic E-state index is 0.0416. The number of ether oxygens (including phenoxy) is 1. The predicted octanol–water partition coefficient (Wildman–Crippen LogP) is 0.465. The molecule has 0 aliphatic carbocycles. The molecule has 0 unspecified atom stereocenters. The molecule has 2 rings (SSSR count). The molecule has 0 atom stereocenters. The van der Waals surface area contributed by atoms with E-state index in [0.29, 0.717) is 24.5 Å². The summed E-state index contributed by atoms with van der Waals surface area (Å²) in [5.74, 6) is -0.636. The lowest BCUT2D eigenvalue weighted by Gasteiger charge is -2.23. The van der Waals surface area contributed by atoms with Crippen LogP contribution in [-0.4, -0.2) is 66.8 Å². The largest absolute Gasteiger partial charge is 0.480 e. The Labute approximate surface area is 123 Å². The molecule has 0 radical (unpaired) electrons. The zero-order valence-electron chi connectivity index (χ0n) is 12.0. The molecule has 0 bridgehead atoms. The number of aromatic nitrogens is 1. The van der Waals surface area contributed by atoms with Gasteiger partial charge in [0.05, 0.1) is 13.7 Å². The molecule has 1 aromatic heterocycles. The molecule has 0 aromatic carbocycles. The minimum atomic E-state index is -0.823.